The second-order valence-electron chi connectivity index (χ2n) is 2.90. The van der Waals surface area contributed by atoms with Crippen LogP contribution in [0.5, 0.6) is 0 Å². The molecule has 13 heavy (non-hydrogen) atoms. The monoisotopic (exact) mass is 174 g/mol. The molecule has 0 saturated carbocycles. The summed E-state index contributed by atoms with van der Waals surface area (Å²) in [6.07, 6.45) is 3.52. The topological polar surface area (TPSA) is 54.5 Å². The zero-order chi connectivity index (χ0) is 9.26. The quantitative estimate of drug-likeness (QED) is 0.712. The van der Waals surface area contributed by atoms with Crippen molar-refractivity contribution in [3.8, 4) is 11.5 Å². The Bertz CT molecular complexity index is 419. The Morgan fingerprint density at radius 3 is 2.69 bits per heavy atom. The Hall–Kier alpha value is -1.71. The van der Waals surface area contributed by atoms with Crippen molar-refractivity contribution in [2.45, 2.75) is 13.8 Å². The van der Waals surface area contributed by atoms with Crippen LogP contribution in [-0.4, -0.2) is 19.9 Å². The summed E-state index contributed by atoms with van der Waals surface area (Å²) in [4.78, 5) is 15.6. The number of imidazole rings is 1. The fourth-order valence-electron chi connectivity index (χ4n) is 1.13. The van der Waals surface area contributed by atoms with E-state index in [4.69, 9.17) is 0 Å². The molecule has 0 spiro atoms. The fourth-order valence-corrected chi connectivity index (χ4v) is 1.13. The van der Waals surface area contributed by atoms with Gasteiger partial charge in [0.1, 0.15) is 11.5 Å². The van der Waals surface area contributed by atoms with E-state index < -0.39 is 0 Å². The van der Waals surface area contributed by atoms with Crippen LogP contribution >= 0.6 is 0 Å². The highest BCUT2D eigenvalue weighted by Crippen LogP contribution is 2.11. The van der Waals surface area contributed by atoms with Crippen LogP contribution in [0.2, 0.25) is 0 Å². The molecule has 0 saturated heterocycles. The van der Waals surface area contributed by atoms with E-state index >= 15 is 0 Å². The molecule has 0 bridgehead atoms. The molecule has 0 aromatic carbocycles. The van der Waals surface area contributed by atoms with Crippen LogP contribution in [0.1, 0.15) is 11.5 Å². The summed E-state index contributed by atoms with van der Waals surface area (Å²) in [6, 6.07) is 1.84. The lowest BCUT2D eigenvalue weighted by molar-refractivity contribution is 1.04. The van der Waals surface area contributed by atoms with Crippen molar-refractivity contribution in [3.63, 3.8) is 0 Å². The van der Waals surface area contributed by atoms with Gasteiger partial charge in [0.2, 0.25) is 0 Å². The van der Waals surface area contributed by atoms with Crippen LogP contribution in [0.25, 0.3) is 11.5 Å². The molecule has 0 amide bonds. The second kappa shape index (κ2) is 2.97. The third kappa shape index (κ3) is 1.56. The highest BCUT2D eigenvalue weighted by Gasteiger charge is 2.02. The lowest BCUT2D eigenvalue weighted by Crippen LogP contribution is -1.90. The fraction of sp³-hybridized carbons (Fsp3) is 0.222. The van der Waals surface area contributed by atoms with Crippen molar-refractivity contribution in [1.82, 2.24) is 19.9 Å². The Labute approximate surface area is 76.1 Å². The van der Waals surface area contributed by atoms with Crippen molar-refractivity contribution in [1.29, 1.82) is 0 Å². The maximum atomic E-state index is 4.25. The van der Waals surface area contributed by atoms with Gasteiger partial charge in [-0.15, -0.1) is 0 Å². The van der Waals surface area contributed by atoms with Crippen molar-refractivity contribution in [3.05, 3.63) is 30.0 Å². The molecule has 66 valence electrons. The number of nitrogens with one attached hydrogen (secondary N) is 1. The highest BCUT2D eigenvalue weighted by atomic mass is 15.0. The number of hydrogen-bond donors (Lipinski definition) is 1. The van der Waals surface area contributed by atoms with Crippen molar-refractivity contribution < 1.29 is 0 Å². The molecule has 4 heteroatoms. The summed E-state index contributed by atoms with van der Waals surface area (Å²) >= 11 is 0. The molecule has 1 N–H and O–H groups in total. The molecular weight excluding hydrogens is 164 g/mol. The van der Waals surface area contributed by atoms with Crippen LogP contribution in [0.4, 0.5) is 0 Å². The van der Waals surface area contributed by atoms with E-state index in [2.05, 4.69) is 19.9 Å². The number of hydrogen-bond acceptors (Lipinski definition) is 3. The maximum Gasteiger partial charge on any atom is 0.156 e. The number of rotatable bonds is 1. The molecule has 2 aromatic heterocycles. The Morgan fingerprint density at radius 2 is 2.08 bits per heavy atom. The number of aromatic nitrogens is 4. The smallest absolute Gasteiger partial charge is 0.156 e. The van der Waals surface area contributed by atoms with Crippen LogP contribution in [-0.2, 0) is 0 Å². The molecule has 0 aliphatic rings. The Balaban J connectivity index is 2.46. The van der Waals surface area contributed by atoms with Crippen molar-refractivity contribution in [2.24, 2.45) is 0 Å². The Kier molecular flexibility index (Phi) is 1.81. The first kappa shape index (κ1) is 7.91. The van der Waals surface area contributed by atoms with E-state index in [1.807, 2.05) is 19.9 Å². The molecule has 0 unspecified atom stereocenters. The van der Waals surface area contributed by atoms with Crippen LogP contribution in [0.15, 0.2) is 18.5 Å². The van der Waals surface area contributed by atoms with Crippen LogP contribution in [0.3, 0.4) is 0 Å². The molecule has 2 aromatic rings. The van der Waals surface area contributed by atoms with Gasteiger partial charge in [0.05, 0.1) is 0 Å². The van der Waals surface area contributed by atoms with E-state index in [0.717, 1.165) is 23.0 Å². The molecular formula is C9H10N4. The molecule has 0 fully saturated rings. The van der Waals surface area contributed by atoms with Gasteiger partial charge in [0.15, 0.2) is 5.82 Å². The number of nitrogens with zero attached hydrogens (tertiary/aromatic N) is 3. The standard InChI is InChI=1S/C9H10N4/c1-6-5-11-9(12-6)8-3-4-10-7(2)13-8/h3-5H,1-2H3,(H,11,12). The third-order valence-electron chi connectivity index (χ3n) is 1.72. The third-order valence-corrected chi connectivity index (χ3v) is 1.72. The first-order chi connectivity index (χ1) is 6.25. The van der Waals surface area contributed by atoms with Crippen molar-refractivity contribution >= 4 is 0 Å². The lowest BCUT2D eigenvalue weighted by atomic mass is 10.4. The number of aryl methyl sites for hydroxylation is 2. The molecule has 2 heterocycles. The Morgan fingerprint density at radius 1 is 1.23 bits per heavy atom. The minimum Gasteiger partial charge on any atom is -0.341 e. The van der Waals surface area contributed by atoms with E-state index in [9.17, 15) is 0 Å². The van der Waals surface area contributed by atoms with E-state index in [0.29, 0.717) is 0 Å². The van der Waals surface area contributed by atoms with Crippen LogP contribution in [0, 0.1) is 13.8 Å². The summed E-state index contributed by atoms with van der Waals surface area (Å²) in [5.74, 6) is 1.55. The second-order valence-corrected chi connectivity index (χ2v) is 2.90. The van der Waals surface area contributed by atoms with Gasteiger partial charge in [-0.05, 0) is 19.9 Å². The molecule has 0 aliphatic carbocycles. The minimum atomic E-state index is 0.756. The maximum absolute atomic E-state index is 4.25. The van der Waals surface area contributed by atoms with E-state index in [1.165, 1.54) is 0 Å². The largest absolute Gasteiger partial charge is 0.341 e. The number of aromatic amines is 1. The minimum absolute atomic E-state index is 0.756. The van der Waals surface area contributed by atoms with Gasteiger partial charge in [0.25, 0.3) is 0 Å². The molecule has 0 radical (unpaired) electrons. The first-order valence-electron chi connectivity index (χ1n) is 4.07. The predicted octanol–water partition coefficient (Wildman–Crippen LogP) is 1.48. The summed E-state index contributed by atoms with van der Waals surface area (Å²) in [5, 5.41) is 0. The highest BCUT2D eigenvalue weighted by molar-refractivity contribution is 5.48. The van der Waals surface area contributed by atoms with Gasteiger partial charge in [-0.3, -0.25) is 0 Å². The van der Waals surface area contributed by atoms with E-state index in [-0.39, 0.29) is 0 Å². The SMILES string of the molecule is Cc1nccc(-c2ncc(C)[nH]2)n1. The summed E-state index contributed by atoms with van der Waals surface area (Å²) < 4.78 is 0. The summed E-state index contributed by atoms with van der Waals surface area (Å²) in [5.41, 5.74) is 1.87. The lowest BCUT2D eigenvalue weighted by Gasteiger charge is -1.95. The van der Waals surface area contributed by atoms with Crippen LogP contribution < -0.4 is 0 Å². The average Bonchev–Trinajstić information content (AvgIpc) is 2.52. The van der Waals surface area contributed by atoms with Gasteiger partial charge in [-0.2, -0.15) is 0 Å². The van der Waals surface area contributed by atoms with Gasteiger partial charge >= 0.3 is 0 Å². The average molecular weight is 174 g/mol. The van der Waals surface area contributed by atoms with Gasteiger partial charge < -0.3 is 4.98 Å². The molecule has 0 atom stereocenters. The van der Waals surface area contributed by atoms with Gasteiger partial charge in [-0.1, -0.05) is 0 Å². The van der Waals surface area contributed by atoms with Crippen molar-refractivity contribution in [2.75, 3.05) is 0 Å². The van der Waals surface area contributed by atoms with Gasteiger partial charge in [0, 0.05) is 18.1 Å². The normalized spacial score (nSPS) is 10.3. The predicted molar refractivity (Wildman–Crippen MR) is 49.1 cm³/mol. The molecule has 0 aliphatic heterocycles. The van der Waals surface area contributed by atoms with E-state index in [1.54, 1.807) is 12.4 Å². The zero-order valence-electron chi connectivity index (χ0n) is 7.57. The molecule has 2 rings (SSSR count). The summed E-state index contributed by atoms with van der Waals surface area (Å²) in [7, 11) is 0. The first-order valence-corrected chi connectivity index (χ1v) is 4.07. The number of H-pyrrole nitrogens is 1. The zero-order valence-corrected chi connectivity index (χ0v) is 7.57. The molecule has 4 nitrogen and oxygen atoms in total. The summed E-state index contributed by atoms with van der Waals surface area (Å²) in [6.45, 7) is 3.82. The van der Waals surface area contributed by atoms with Gasteiger partial charge in [-0.25, -0.2) is 15.0 Å².